The zero-order chi connectivity index (χ0) is 10.7. The molecule has 1 aliphatic rings. The summed E-state index contributed by atoms with van der Waals surface area (Å²) in [5, 5.41) is 9.61. The monoisotopic (exact) mass is 222 g/mol. The molecule has 3 nitrogen and oxygen atoms in total. The number of nitrogens with zero attached hydrogens (tertiary/aromatic N) is 2. The van der Waals surface area contributed by atoms with E-state index in [4.69, 9.17) is 21.6 Å². The van der Waals surface area contributed by atoms with Gasteiger partial charge in [-0.1, -0.05) is 11.6 Å². The standard InChI is InChI=1S/C11H11ClN2O/c12-10-1-2-11(9(7-10)8-13)14-3-5-15-6-4-14/h1-2,7H,3-6H2. The summed E-state index contributed by atoms with van der Waals surface area (Å²) in [7, 11) is 0. The first-order chi connectivity index (χ1) is 7.31. The van der Waals surface area contributed by atoms with Gasteiger partial charge in [-0.15, -0.1) is 0 Å². The molecule has 4 heteroatoms. The highest BCUT2D eigenvalue weighted by Gasteiger charge is 2.14. The van der Waals surface area contributed by atoms with Crippen molar-refractivity contribution >= 4 is 17.3 Å². The van der Waals surface area contributed by atoms with Crippen LogP contribution < -0.4 is 4.90 Å². The number of halogens is 1. The van der Waals surface area contributed by atoms with Gasteiger partial charge in [0, 0.05) is 18.1 Å². The zero-order valence-corrected chi connectivity index (χ0v) is 9.00. The molecule has 0 unspecified atom stereocenters. The van der Waals surface area contributed by atoms with Gasteiger partial charge in [0.05, 0.1) is 24.5 Å². The van der Waals surface area contributed by atoms with E-state index in [0.29, 0.717) is 23.8 Å². The van der Waals surface area contributed by atoms with Gasteiger partial charge in [-0.3, -0.25) is 0 Å². The maximum absolute atomic E-state index is 9.01. The van der Waals surface area contributed by atoms with Crippen LogP contribution in [0.1, 0.15) is 5.56 Å². The number of ether oxygens (including phenoxy) is 1. The van der Waals surface area contributed by atoms with Gasteiger partial charge < -0.3 is 9.64 Å². The van der Waals surface area contributed by atoms with Crippen molar-refractivity contribution in [3.8, 4) is 6.07 Å². The van der Waals surface area contributed by atoms with E-state index in [-0.39, 0.29) is 0 Å². The van der Waals surface area contributed by atoms with Crippen LogP contribution in [0, 0.1) is 11.3 Å². The van der Waals surface area contributed by atoms with E-state index in [9.17, 15) is 0 Å². The minimum absolute atomic E-state index is 0.601. The van der Waals surface area contributed by atoms with Crippen molar-refractivity contribution in [1.29, 1.82) is 5.26 Å². The minimum Gasteiger partial charge on any atom is -0.378 e. The van der Waals surface area contributed by atoms with Gasteiger partial charge in [-0.2, -0.15) is 5.26 Å². The van der Waals surface area contributed by atoms with Crippen molar-refractivity contribution in [2.24, 2.45) is 0 Å². The average Bonchev–Trinajstić information content (AvgIpc) is 2.30. The molecule has 2 rings (SSSR count). The minimum atomic E-state index is 0.601. The third-order valence-electron chi connectivity index (χ3n) is 2.43. The third-order valence-corrected chi connectivity index (χ3v) is 2.67. The lowest BCUT2D eigenvalue weighted by molar-refractivity contribution is 0.122. The molecule has 0 saturated carbocycles. The molecule has 0 N–H and O–H groups in total. The Morgan fingerprint density at radius 2 is 2.07 bits per heavy atom. The number of morpholine rings is 1. The Morgan fingerprint density at radius 1 is 1.33 bits per heavy atom. The van der Waals surface area contributed by atoms with Gasteiger partial charge in [-0.25, -0.2) is 0 Å². The van der Waals surface area contributed by atoms with E-state index in [1.54, 1.807) is 6.07 Å². The lowest BCUT2D eigenvalue weighted by Gasteiger charge is -2.29. The maximum Gasteiger partial charge on any atom is 0.101 e. The fourth-order valence-corrected chi connectivity index (χ4v) is 1.85. The summed E-state index contributed by atoms with van der Waals surface area (Å²) >= 11 is 5.84. The molecule has 0 spiro atoms. The number of hydrogen-bond acceptors (Lipinski definition) is 3. The largest absolute Gasteiger partial charge is 0.378 e. The number of rotatable bonds is 1. The molecule has 0 bridgehead atoms. The van der Waals surface area contributed by atoms with E-state index >= 15 is 0 Å². The van der Waals surface area contributed by atoms with Crippen molar-refractivity contribution in [2.45, 2.75) is 0 Å². The van der Waals surface area contributed by atoms with Gasteiger partial charge in [0.2, 0.25) is 0 Å². The number of nitriles is 1. The second-order valence-corrected chi connectivity index (χ2v) is 3.81. The average molecular weight is 223 g/mol. The van der Waals surface area contributed by atoms with E-state index in [2.05, 4.69) is 11.0 Å². The fourth-order valence-electron chi connectivity index (χ4n) is 1.68. The highest BCUT2D eigenvalue weighted by atomic mass is 35.5. The predicted octanol–water partition coefficient (Wildman–Crippen LogP) is 2.05. The summed E-state index contributed by atoms with van der Waals surface area (Å²) in [6.07, 6.45) is 0. The van der Waals surface area contributed by atoms with Crippen LogP contribution in [0.5, 0.6) is 0 Å². The second-order valence-electron chi connectivity index (χ2n) is 3.37. The Hall–Kier alpha value is -1.24. The smallest absolute Gasteiger partial charge is 0.101 e. The van der Waals surface area contributed by atoms with Gasteiger partial charge in [-0.05, 0) is 18.2 Å². The molecular weight excluding hydrogens is 212 g/mol. The van der Waals surface area contributed by atoms with E-state index < -0.39 is 0 Å². The summed E-state index contributed by atoms with van der Waals surface area (Å²) in [5.41, 5.74) is 1.58. The first-order valence-electron chi connectivity index (χ1n) is 4.83. The normalized spacial score (nSPS) is 16.1. The van der Waals surface area contributed by atoms with E-state index in [1.165, 1.54) is 0 Å². The quantitative estimate of drug-likeness (QED) is 0.730. The molecule has 1 fully saturated rings. The second kappa shape index (κ2) is 4.52. The topological polar surface area (TPSA) is 36.3 Å². The molecule has 1 aromatic rings. The van der Waals surface area contributed by atoms with Gasteiger partial charge in [0.25, 0.3) is 0 Å². The van der Waals surface area contributed by atoms with Crippen molar-refractivity contribution < 1.29 is 4.74 Å². The molecule has 0 aliphatic carbocycles. The number of hydrogen-bond donors (Lipinski definition) is 0. The zero-order valence-electron chi connectivity index (χ0n) is 8.24. The molecule has 1 aromatic carbocycles. The Labute approximate surface area is 93.8 Å². The predicted molar refractivity (Wildman–Crippen MR) is 59.2 cm³/mol. The number of benzene rings is 1. The maximum atomic E-state index is 9.01. The van der Waals surface area contributed by atoms with Crippen LogP contribution in [-0.4, -0.2) is 26.3 Å². The van der Waals surface area contributed by atoms with Gasteiger partial charge in [0.15, 0.2) is 0 Å². The highest BCUT2D eigenvalue weighted by Crippen LogP contribution is 2.24. The number of anilines is 1. The molecule has 0 aromatic heterocycles. The van der Waals surface area contributed by atoms with Crippen LogP contribution in [0.2, 0.25) is 5.02 Å². The van der Waals surface area contributed by atoms with E-state index in [0.717, 1.165) is 18.8 Å². The van der Waals surface area contributed by atoms with Crippen LogP contribution in [0.15, 0.2) is 18.2 Å². The molecule has 0 amide bonds. The fraction of sp³-hybridized carbons (Fsp3) is 0.364. The lowest BCUT2D eigenvalue weighted by atomic mass is 10.1. The first-order valence-corrected chi connectivity index (χ1v) is 5.21. The van der Waals surface area contributed by atoms with Crippen LogP contribution in [-0.2, 0) is 4.74 Å². The molecule has 15 heavy (non-hydrogen) atoms. The molecule has 1 saturated heterocycles. The molecule has 78 valence electrons. The van der Waals surface area contributed by atoms with E-state index in [1.807, 2.05) is 12.1 Å². The summed E-state index contributed by atoms with van der Waals surface area (Å²) < 4.78 is 5.27. The molecular formula is C11H11ClN2O. The molecule has 1 aliphatic heterocycles. The highest BCUT2D eigenvalue weighted by molar-refractivity contribution is 6.30. The van der Waals surface area contributed by atoms with Crippen molar-refractivity contribution in [3.05, 3.63) is 28.8 Å². The van der Waals surface area contributed by atoms with Crippen molar-refractivity contribution in [1.82, 2.24) is 0 Å². The molecule has 0 atom stereocenters. The summed E-state index contributed by atoms with van der Waals surface area (Å²) in [4.78, 5) is 2.15. The molecule has 1 heterocycles. The Kier molecular flexibility index (Phi) is 3.10. The van der Waals surface area contributed by atoms with Crippen molar-refractivity contribution in [2.75, 3.05) is 31.2 Å². The van der Waals surface area contributed by atoms with Crippen LogP contribution >= 0.6 is 11.6 Å². The van der Waals surface area contributed by atoms with Crippen LogP contribution in [0.4, 0.5) is 5.69 Å². The lowest BCUT2D eigenvalue weighted by Crippen LogP contribution is -2.36. The Bertz CT molecular complexity index is 394. The SMILES string of the molecule is N#Cc1cc(Cl)ccc1N1CCOCC1. The van der Waals surface area contributed by atoms with Gasteiger partial charge >= 0.3 is 0 Å². The molecule has 0 radical (unpaired) electrons. The van der Waals surface area contributed by atoms with Crippen LogP contribution in [0.25, 0.3) is 0 Å². The summed E-state index contributed by atoms with van der Waals surface area (Å²) in [5.74, 6) is 0. The third kappa shape index (κ3) is 2.23. The Morgan fingerprint density at radius 3 is 2.73 bits per heavy atom. The first kappa shape index (κ1) is 10.3. The summed E-state index contributed by atoms with van der Waals surface area (Å²) in [6, 6.07) is 7.58. The van der Waals surface area contributed by atoms with Crippen LogP contribution in [0.3, 0.4) is 0 Å². The van der Waals surface area contributed by atoms with Crippen molar-refractivity contribution in [3.63, 3.8) is 0 Å². The Balaban J connectivity index is 2.30. The van der Waals surface area contributed by atoms with Gasteiger partial charge in [0.1, 0.15) is 6.07 Å². The summed E-state index contributed by atoms with van der Waals surface area (Å²) in [6.45, 7) is 3.09.